The Morgan fingerprint density at radius 1 is 1.03 bits per heavy atom. The lowest BCUT2D eigenvalue weighted by Crippen LogP contribution is -2.47. The largest absolute Gasteiger partial charge is 0.382 e. The van der Waals surface area contributed by atoms with Gasteiger partial charge >= 0.3 is 0 Å². The molecule has 0 saturated heterocycles. The molecule has 1 aliphatic carbocycles. The number of fused-ring (bicyclic) bond motifs is 1. The van der Waals surface area contributed by atoms with Crippen LogP contribution in [0.25, 0.3) is 22.2 Å². The van der Waals surface area contributed by atoms with Crippen LogP contribution in [0, 0.1) is 0 Å². The maximum Gasteiger partial charge on any atom is 0.0945 e. The molecule has 6 heteroatoms. The zero-order valence-electron chi connectivity index (χ0n) is 17.6. The smallest absolute Gasteiger partial charge is 0.0945 e. The monoisotopic (exact) mass is 435 g/mol. The van der Waals surface area contributed by atoms with E-state index in [4.69, 9.17) is 26.1 Å². The summed E-state index contributed by atoms with van der Waals surface area (Å²) in [6.45, 7) is 2.11. The second-order valence-electron chi connectivity index (χ2n) is 8.09. The standard InChI is InChI=1S/C25H26ClN3O2/c1-30-11-12-31-21-14-20(15-21)28-9-10-29(17-28)25-16-24-19(13-22(25)26)7-8-23(27-24)18-5-3-2-4-6-18/h2-10,13,16,20-21H,11-12,14-15,17H2,1H3. The number of methoxy groups -OCH3 is 1. The summed E-state index contributed by atoms with van der Waals surface area (Å²) >= 11 is 6.66. The molecule has 1 fully saturated rings. The average molecular weight is 436 g/mol. The molecule has 0 N–H and O–H groups in total. The molecule has 0 amide bonds. The maximum absolute atomic E-state index is 6.66. The van der Waals surface area contributed by atoms with Gasteiger partial charge in [-0.05, 0) is 31.0 Å². The van der Waals surface area contributed by atoms with Crippen molar-refractivity contribution in [3.63, 3.8) is 0 Å². The van der Waals surface area contributed by atoms with Crippen LogP contribution in [0.5, 0.6) is 0 Å². The number of pyridine rings is 1. The SMILES string of the molecule is COCCOC1CC(N2C=CN(c3cc4nc(-c5ccccc5)ccc4cc3Cl)C2)C1. The van der Waals surface area contributed by atoms with Gasteiger partial charge in [0.2, 0.25) is 0 Å². The average Bonchev–Trinajstić information content (AvgIpc) is 3.24. The minimum Gasteiger partial charge on any atom is -0.382 e. The highest BCUT2D eigenvalue weighted by atomic mass is 35.5. The van der Waals surface area contributed by atoms with Crippen molar-refractivity contribution >= 4 is 28.2 Å². The molecule has 31 heavy (non-hydrogen) atoms. The third-order valence-corrected chi connectivity index (χ3v) is 6.37. The highest BCUT2D eigenvalue weighted by molar-refractivity contribution is 6.34. The molecular formula is C25H26ClN3O2. The molecule has 0 bridgehead atoms. The minimum atomic E-state index is 0.340. The van der Waals surface area contributed by atoms with E-state index in [-0.39, 0.29) is 0 Å². The van der Waals surface area contributed by atoms with E-state index in [0.717, 1.165) is 52.4 Å². The van der Waals surface area contributed by atoms with Gasteiger partial charge in [-0.25, -0.2) is 4.98 Å². The lowest BCUT2D eigenvalue weighted by molar-refractivity contribution is -0.0534. The van der Waals surface area contributed by atoms with E-state index in [1.54, 1.807) is 7.11 Å². The normalized spacial score (nSPS) is 20.5. The fourth-order valence-corrected chi connectivity index (χ4v) is 4.48. The molecule has 2 aromatic carbocycles. The van der Waals surface area contributed by atoms with Crippen LogP contribution in [0.1, 0.15) is 12.8 Å². The van der Waals surface area contributed by atoms with Gasteiger partial charge in [0.1, 0.15) is 0 Å². The number of ether oxygens (including phenoxy) is 2. The second-order valence-corrected chi connectivity index (χ2v) is 8.50. The van der Waals surface area contributed by atoms with Crippen LogP contribution in [-0.2, 0) is 9.47 Å². The van der Waals surface area contributed by atoms with E-state index < -0.39 is 0 Å². The maximum atomic E-state index is 6.66. The van der Waals surface area contributed by atoms with Crippen molar-refractivity contribution in [2.24, 2.45) is 0 Å². The molecule has 1 aromatic heterocycles. The zero-order chi connectivity index (χ0) is 21.2. The summed E-state index contributed by atoms with van der Waals surface area (Å²) in [7, 11) is 1.70. The molecular weight excluding hydrogens is 410 g/mol. The first kappa shape index (κ1) is 20.3. The third-order valence-electron chi connectivity index (χ3n) is 6.07. The molecule has 3 aromatic rings. The van der Waals surface area contributed by atoms with E-state index in [1.807, 2.05) is 30.3 Å². The Kier molecular flexibility index (Phi) is 5.81. The summed E-state index contributed by atoms with van der Waals surface area (Å²) in [5, 5.41) is 1.78. The van der Waals surface area contributed by atoms with Crippen LogP contribution >= 0.6 is 11.6 Å². The highest BCUT2D eigenvalue weighted by Crippen LogP contribution is 2.36. The van der Waals surface area contributed by atoms with Crippen molar-refractivity contribution in [2.75, 3.05) is 31.9 Å². The summed E-state index contributed by atoms with van der Waals surface area (Å²) in [4.78, 5) is 9.45. The van der Waals surface area contributed by atoms with Crippen molar-refractivity contribution in [3.8, 4) is 11.3 Å². The quantitative estimate of drug-likeness (QED) is 0.471. The van der Waals surface area contributed by atoms with Gasteiger partial charge in [-0.3, -0.25) is 0 Å². The number of hydrogen-bond acceptors (Lipinski definition) is 5. The van der Waals surface area contributed by atoms with Gasteiger partial charge in [0.05, 0.1) is 47.9 Å². The van der Waals surface area contributed by atoms with Crippen LogP contribution in [0.4, 0.5) is 5.69 Å². The van der Waals surface area contributed by atoms with Gasteiger partial charge in [-0.1, -0.05) is 48.0 Å². The van der Waals surface area contributed by atoms with Gasteiger partial charge in [0, 0.05) is 36.5 Å². The summed E-state index contributed by atoms with van der Waals surface area (Å²) in [6.07, 6.45) is 6.70. The number of rotatable bonds is 7. The molecule has 160 valence electrons. The number of nitrogens with zero attached hydrogens (tertiary/aromatic N) is 3. The second kappa shape index (κ2) is 8.87. The van der Waals surface area contributed by atoms with Crippen molar-refractivity contribution in [1.29, 1.82) is 0 Å². The van der Waals surface area contributed by atoms with Crippen LogP contribution in [0.15, 0.2) is 67.0 Å². The molecule has 5 rings (SSSR count). The van der Waals surface area contributed by atoms with Gasteiger partial charge in [0.25, 0.3) is 0 Å². The predicted octanol–water partition coefficient (Wildman–Crippen LogP) is 5.30. The van der Waals surface area contributed by atoms with Crippen molar-refractivity contribution in [3.05, 3.63) is 72.0 Å². The van der Waals surface area contributed by atoms with Gasteiger partial charge < -0.3 is 19.3 Å². The molecule has 0 unspecified atom stereocenters. The lowest BCUT2D eigenvalue weighted by Gasteiger charge is -2.41. The van der Waals surface area contributed by atoms with Crippen molar-refractivity contribution in [2.45, 2.75) is 25.0 Å². The zero-order valence-corrected chi connectivity index (χ0v) is 18.3. The molecule has 2 heterocycles. The Morgan fingerprint density at radius 3 is 2.68 bits per heavy atom. The number of hydrogen-bond donors (Lipinski definition) is 0. The third kappa shape index (κ3) is 4.26. The summed E-state index contributed by atoms with van der Waals surface area (Å²) in [5.41, 5.74) is 4.01. The van der Waals surface area contributed by atoms with Crippen molar-refractivity contribution in [1.82, 2.24) is 9.88 Å². The first-order valence-corrected chi connectivity index (χ1v) is 11.1. The van der Waals surface area contributed by atoms with E-state index in [0.29, 0.717) is 25.4 Å². The fourth-order valence-electron chi connectivity index (χ4n) is 4.19. The number of benzene rings is 2. The molecule has 0 spiro atoms. The van der Waals surface area contributed by atoms with E-state index in [9.17, 15) is 0 Å². The van der Waals surface area contributed by atoms with E-state index >= 15 is 0 Å². The first-order chi connectivity index (χ1) is 15.2. The number of anilines is 1. The van der Waals surface area contributed by atoms with Crippen LogP contribution in [0.2, 0.25) is 5.02 Å². The Hall–Kier alpha value is -2.60. The van der Waals surface area contributed by atoms with Crippen LogP contribution < -0.4 is 4.90 Å². The van der Waals surface area contributed by atoms with Gasteiger partial charge in [-0.2, -0.15) is 0 Å². The molecule has 1 saturated carbocycles. The molecule has 5 nitrogen and oxygen atoms in total. The molecule has 1 aliphatic heterocycles. The van der Waals surface area contributed by atoms with Crippen LogP contribution in [-0.4, -0.2) is 49.0 Å². The van der Waals surface area contributed by atoms with Gasteiger partial charge in [-0.15, -0.1) is 0 Å². The summed E-state index contributed by atoms with van der Waals surface area (Å²) < 4.78 is 10.9. The Morgan fingerprint density at radius 2 is 1.87 bits per heavy atom. The Balaban J connectivity index is 1.29. The topological polar surface area (TPSA) is 37.8 Å². The number of halogens is 1. The highest BCUT2D eigenvalue weighted by Gasteiger charge is 2.35. The Bertz CT molecular complexity index is 1080. The minimum absolute atomic E-state index is 0.340. The Labute approximate surface area is 187 Å². The van der Waals surface area contributed by atoms with Gasteiger partial charge in [0.15, 0.2) is 0 Å². The van der Waals surface area contributed by atoms with E-state index in [2.05, 4.69) is 46.5 Å². The summed E-state index contributed by atoms with van der Waals surface area (Å²) in [6, 6.07) is 19.0. The first-order valence-electron chi connectivity index (χ1n) is 10.7. The van der Waals surface area contributed by atoms with E-state index in [1.165, 1.54) is 0 Å². The molecule has 2 aliphatic rings. The lowest BCUT2D eigenvalue weighted by atomic mass is 9.88. The number of aromatic nitrogens is 1. The van der Waals surface area contributed by atoms with Crippen molar-refractivity contribution < 1.29 is 9.47 Å². The van der Waals surface area contributed by atoms with Crippen LogP contribution in [0.3, 0.4) is 0 Å². The fraction of sp³-hybridized carbons (Fsp3) is 0.320. The predicted molar refractivity (Wildman–Crippen MR) is 125 cm³/mol. The molecule has 0 atom stereocenters. The summed E-state index contributed by atoms with van der Waals surface area (Å²) in [5.74, 6) is 0. The molecule has 0 radical (unpaired) electrons.